The third-order valence-corrected chi connectivity index (χ3v) is 5.73. The van der Waals surface area contributed by atoms with E-state index in [9.17, 15) is 13.2 Å². The van der Waals surface area contributed by atoms with Gasteiger partial charge in [-0.2, -0.15) is 0 Å². The normalized spacial score (nSPS) is 11.9. The number of benzene rings is 1. The molecule has 108 valence electrons. The number of hydrogen-bond acceptors (Lipinski definition) is 1. The molecule has 0 N–H and O–H groups in total. The molecule has 0 aliphatic carbocycles. The van der Waals surface area contributed by atoms with Crippen LogP contribution in [0.2, 0.25) is 19.1 Å². The third kappa shape index (κ3) is 5.36. The summed E-state index contributed by atoms with van der Waals surface area (Å²) in [6, 6.07) is 2.56. The van der Waals surface area contributed by atoms with Crippen molar-refractivity contribution in [3.05, 3.63) is 35.1 Å². The van der Waals surface area contributed by atoms with Crippen molar-refractivity contribution in [3.8, 4) is 0 Å². The smallest absolute Gasteiger partial charge is 0.186 e. The molecule has 0 aromatic heterocycles. The summed E-state index contributed by atoms with van der Waals surface area (Å²) in [4.78, 5) is 0. The molecule has 0 unspecified atom stereocenters. The lowest BCUT2D eigenvalue weighted by molar-refractivity contribution is 0.327. The average molecular weight is 290 g/mol. The lowest BCUT2D eigenvalue weighted by Gasteiger charge is -2.21. The Bertz CT molecular complexity index is 421. The van der Waals surface area contributed by atoms with Crippen molar-refractivity contribution < 1.29 is 17.6 Å². The zero-order chi connectivity index (χ0) is 14.5. The van der Waals surface area contributed by atoms with E-state index in [-0.39, 0.29) is 5.56 Å². The molecule has 19 heavy (non-hydrogen) atoms. The van der Waals surface area contributed by atoms with E-state index in [1.54, 1.807) is 0 Å². The fraction of sp³-hybridized carbons (Fsp3) is 0.571. The van der Waals surface area contributed by atoms with Gasteiger partial charge in [0.1, 0.15) is 5.82 Å². The maximum atomic E-state index is 13.4. The molecule has 1 aromatic carbocycles. The Morgan fingerprint density at radius 2 is 1.63 bits per heavy atom. The van der Waals surface area contributed by atoms with Crippen LogP contribution < -0.4 is 0 Å². The van der Waals surface area contributed by atoms with Crippen molar-refractivity contribution in [3.63, 3.8) is 0 Å². The highest BCUT2D eigenvalue weighted by Crippen LogP contribution is 2.19. The van der Waals surface area contributed by atoms with Crippen LogP contribution in [0.4, 0.5) is 13.2 Å². The van der Waals surface area contributed by atoms with Gasteiger partial charge in [0.25, 0.3) is 0 Å². The lowest BCUT2D eigenvalue weighted by atomic mass is 10.1. The molecule has 0 radical (unpaired) electrons. The molecule has 0 saturated heterocycles. The number of hydrogen-bond donors (Lipinski definition) is 0. The minimum atomic E-state index is -1.60. The van der Waals surface area contributed by atoms with Gasteiger partial charge in [0.2, 0.25) is 0 Å². The Hall–Kier alpha value is -0.813. The number of aryl methyl sites for hydroxylation is 1. The highest BCUT2D eigenvalue weighted by atomic mass is 28.4. The van der Waals surface area contributed by atoms with Gasteiger partial charge in [-0.3, -0.25) is 0 Å². The van der Waals surface area contributed by atoms with Gasteiger partial charge in [-0.25, -0.2) is 13.2 Å². The van der Waals surface area contributed by atoms with E-state index in [0.29, 0.717) is 12.5 Å². The van der Waals surface area contributed by atoms with Crippen LogP contribution in [0.25, 0.3) is 0 Å². The molecule has 0 amide bonds. The first-order valence-corrected chi connectivity index (χ1v) is 9.74. The molecule has 1 rings (SSSR count). The molecule has 1 nitrogen and oxygen atoms in total. The Labute approximate surface area is 113 Å². The van der Waals surface area contributed by atoms with Gasteiger partial charge in [0.05, 0.1) is 0 Å². The summed E-state index contributed by atoms with van der Waals surface area (Å²) in [5.41, 5.74) is 0.245. The van der Waals surface area contributed by atoms with Crippen molar-refractivity contribution in [2.75, 3.05) is 6.61 Å². The van der Waals surface area contributed by atoms with Gasteiger partial charge in [0, 0.05) is 12.7 Å². The Morgan fingerprint density at radius 1 is 1.00 bits per heavy atom. The molecule has 0 heterocycles. The molecule has 5 heteroatoms. The van der Waals surface area contributed by atoms with Gasteiger partial charge in [0.15, 0.2) is 20.0 Å². The summed E-state index contributed by atoms with van der Waals surface area (Å²) in [5.74, 6) is -2.79. The van der Waals surface area contributed by atoms with E-state index < -0.39 is 25.8 Å². The van der Waals surface area contributed by atoms with Crippen molar-refractivity contribution in [1.29, 1.82) is 0 Å². The first-order valence-electron chi connectivity index (χ1n) is 6.63. The van der Waals surface area contributed by atoms with E-state index in [2.05, 4.69) is 13.1 Å². The number of rotatable bonds is 7. The Balaban J connectivity index is 2.44. The van der Waals surface area contributed by atoms with Crippen LogP contribution in [0.15, 0.2) is 12.1 Å². The molecule has 0 spiro atoms. The fourth-order valence-corrected chi connectivity index (χ4v) is 4.11. The van der Waals surface area contributed by atoms with Crippen LogP contribution in [-0.2, 0) is 10.8 Å². The fourth-order valence-electron chi connectivity index (χ4n) is 2.08. The van der Waals surface area contributed by atoms with Crippen molar-refractivity contribution in [2.24, 2.45) is 0 Å². The van der Waals surface area contributed by atoms with E-state index in [0.717, 1.165) is 31.6 Å². The zero-order valence-corrected chi connectivity index (χ0v) is 12.7. The predicted octanol–water partition coefficient (Wildman–Crippen LogP) is 4.67. The second-order valence-corrected chi connectivity index (χ2v) is 9.57. The average Bonchev–Trinajstić information content (AvgIpc) is 2.30. The van der Waals surface area contributed by atoms with Crippen LogP contribution in [0, 0.1) is 17.5 Å². The SMILES string of the molecule is CCO[Si](C)(C)CCCCc1cc(F)c(F)cc1F. The second-order valence-electron chi connectivity index (χ2n) is 5.26. The first kappa shape index (κ1) is 16.2. The van der Waals surface area contributed by atoms with Gasteiger partial charge < -0.3 is 4.43 Å². The highest BCUT2D eigenvalue weighted by molar-refractivity contribution is 6.71. The van der Waals surface area contributed by atoms with Crippen LogP contribution in [0.3, 0.4) is 0 Å². The van der Waals surface area contributed by atoms with Crippen molar-refractivity contribution >= 4 is 8.32 Å². The monoisotopic (exact) mass is 290 g/mol. The summed E-state index contributed by atoms with van der Waals surface area (Å²) in [5, 5.41) is 0. The summed E-state index contributed by atoms with van der Waals surface area (Å²) >= 11 is 0. The minimum Gasteiger partial charge on any atom is -0.418 e. The topological polar surface area (TPSA) is 9.23 Å². The summed E-state index contributed by atoms with van der Waals surface area (Å²) in [6.07, 6.45) is 2.10. The maximum absolute atomic E-state index is 13.4. The van der Waals surface area contributed by atoms with Gasteiger partial charge >= 0.3 is 0 Å². The van der Waals surface area contributed by atoms with E-state index in [1.165, 1.54) is 0 Å². The zero-order valence-electron chi connectivity index (χ0n) is 11.7. The summed E-state index contributed by atoms with van der Waals surface area (Å²) in [6.45, 7) is 6.99. The van der Waals surface area contributed by atoms with Gasteiger partial charge in [-0.15, -0.1) is 0 Å². The van der Waals surface area contributed by atoms with E-state index >= 15 is 0 Å². The lowest BCUT2D eigenvalue weighted by Crippen LogP contribution is -2.29. The molecular formula is C14H21F3OSi. The largest absolute Gasteiger partial charge is 0.418 e. The molecule has 0 bridgehead atoms. The molecule has 1 aromatic rings. The maximum Gasteiger partial charge on any atom is 0.186 e. The van der Waals surface area contributed by atoms with Crippen LogP contribution in [-0.4, -0.2) is 14.9 Å². The summed E-state index contributed by atoms with van der Waals surface area (Å²) in [7, 11) is -1.60. The quantitative estimate of drug-likeness (QED) is 0.403. The Morgan fingerprint density at radius 3 is 2.26 bits per heavy atom. The van der Waals surface area contributed by atoms with Crippen LogP contribution in [0.1, 0.15) is 25.3 Å². The highest BCUT2D eigenvalue weighted by Gasteiger charge is 2.20. The van der Waals surface area contributed by atoms with Crippen molar-refractivity contribution in [2.45, 2.75) is 45.3 Å². The van der Waals surface area contributed by atoms with Crippen LogP contribution in [0.5, 0.6) is 0 Å². The molecule has 0 atom stereocenters. The van der Waals surface area contributed by atoms with Gasteiger partial charge in [-0.05, 0) is 50.5 Å². The molecular weight excluding hydrogens is 269 g/mol. The van der Waals surface area contributed by atoms with E-state index in [4.69, 9.17) is 4.43 Å². The van der Waals surface area contributed by atoms with Crippen LogP contribution >= 0.6 is 0 Å². The molecule has 0 aliphatic rings. The second kappa shape index (κ2) is 7.10. The predicted molar refractivity (Wildman–Crippen MR) is 73.2 cm³/mol. The summed E-state index contributed by atoms with van der Waals surface area (Å²) < 4.78 is 44.9. The Kier molecular flexibility index (Phi) is 6.07. The molecule has 0 aliphatic heterocycles. The van der Waals surface area contributed by atoms with E-state index in [1.807, 2.05) is 6.92 Å². The van der Waals surface area contributed by atoms with Crippen molar-refractivity contribution in [1.82, 2.24) is 0 Å². The van der Waals surface area contributed by atoms with Gasteiger partial charge in [-0.1, -0.05) is 6.42 Å². The molecule has 0 fully saturated rings. The third-order valence-electron chi connectivity index (χ3n) is 3.10. The number of halogens is 3. The first-order chi connectivity index (χ1) is 8.85. The minimum absolute atomic E-state index is 0.245. The molecule has 0 saturated carbocycles. The number of unbranched alkanes of at least 4 members (excludes halogenated alkanes) is 1. The standard InChI is InChI=1S/C14H21F3OSi/c1-4-18-19(2,3)8-6-5-7-11-9-13(16)14(17)10-12(11)15/h9-10H,4-8H2,1-3H3.